The van der Waals surface area contributed by atoms with Crippen LogP contribution in [0, 0.1) is 0 Å². The summed E-state index contributed by atoms with van der Waals surface area (Å²) in [5.74, 6) is -1.58. The lowest BCUT2D eigenvalue weighted by molar-refractivity contribution is -0.138. The van der Waals surface area contributed by atoms with Crippen LogP contribution >= 0.6 is 11.8 Å². The van der Waals surface area contributed by atoms with Gasteiger partial charge in [-0.3, -0.25) is 9.59 Å². The van der Waals surface area contributed by atoms with Gasteiger partial charge in [0.05, 0.1) is 18.2 Å². The standard InChI is InChI=1S/C13H10F3N3O3S/c14-13(15,16)8-3-1-7(2-4-8)6-17-19-12-18-11(22)9(23-12)5-10(20)21/h1-4,6,9H,5H2,(H,20,21)(H,18,19,22)/b17-6-. The highest BCUT2D eigenvalue weighted by Gasteiger charge is 2.32. The Labute approximate surface area is 132 Å². The summed E-state index contributed by atoms with van der Waals surface area (Å²) in [4.78, 5) is 22.0. The fraction of sp³-hybridized carbons (Fsp3) is 0.231. The molecular formula is C13H10F3N3O3S. The van der Waals surface area contributed by atoms with Gasteiger partial charge in [-0.1, -0.05) is 23.9 Å². The average Bonchev–Trinajstić information content (AvgIpc) is 2.78. The summed E-state index contributed by atoms with van der Waals surface area (Å²) in [6.45, 7) is 0. The molecule has 1 aromatic carbocycles. The first kappa shape index (κ1) is 17.0. The Kier molecular flexibility index (Phi) is 5.04. The molecule has 0 saturated carbocycles. The van der Waals surface area contributed by atoms with Gasteiger partial charge in [-0.2, -0.15) is 18.3 Å². The summed E-state index contributed by atoms with van der Waals surface area (Å²) in [6, 6.07) is 4.31. The molecule has 0 radical (unpaired) electrons. The van der Waals surface area contributed by atoms with Crippen LogP contribution in [0.2, 0.25) is 0 Å². The maximum absolute atomic E-state index is 12.4. The highest BCUT2D eigenvalue weighted by molar-refractivity contribution is 8.15. The van der Waals surface area contributed by atoms with E-state index in [0.29, 0.717) is 5.56 Å². The minimum Gasteiger partial charge on any atom is -0.481 e. The van der Waals surface area contributed by atoms with Crippen LogP contribution in [0.5, 0.6) is 0 Å². The first-order chi connectivity index (χ1) is 10.8. The van der Waals surface area contributed by atoms with Crippen molar-refractivity contribution in [2.24, 2.45) is 10.2 Å². The van der Waals surface area contributed by atoms with E-state index in [1.807, 2.05) is 0 Å². The summed E-state index contributed by atoms with van der Waals surface area (Å²) in [5, 5.41) is 17.7. The van der Waals surface area contributed by atoms with E-state index in [9.17, 15) is 22.8 Å². The van der Waals surface area contributed by atoms with Crippen molar-refractivity contribution < 1.29 is 27.9 Å². The summed E-state index contributed by atoms with van der Waals surface area (Å²) < 4.78 is 37.2. The molecule has 0 bridgehead atoms. The molecule has 1 saturated heterocycles. The van der Waals surface area contributed by atoms with Gasteiger partial charge >= 0.3 is 12.1 Å². The fourth-order valence-corrected chi connectivity index (χ4v) is 2.57. The number of nitrogens with zero attached hydrogens (tertiary/aromatic N) is 2. The lowest BCUT2D eigenvalue weighted by Crippen LogP contribution is -2.26. The van der Waals surface area contributed by atoms with E-state index in [2.05, 4.69) is 15.5 Å². The molecule has 10 heteroatoms. The van der Waals surface area contributed by atoms with Crippen LogP contribution in [0.15, 0.2) is 34.5 Å². The van der Waals surface area contributed by atoms with Crippen molar-refractivity contribution in [1.82, 2.24) is 5.32 Å². The van der Waals surface area contributed by atoms with Crippen LogP contribution in [-0.2, 0) is 15.8 Å². The van der Waals surface area contributed by atoms with E-state index in [-0.39, 0.29) is 11.6 Å². The number of amides is 1. The summed E-state index contributed by atoms with van der Waals surface area (Å²) in [6.07, 6.45) is -3.51. The largest absolute Gasteiger partial charge is 0.481 e. The molecule has 1 aliphatic heterocycles. The van der Waals surface area contributed by atoms with Crippen LogP contribution in [0.1, 0.15) is 17.5 Å². The Morgan fingerprint density at radius 1 is 1.35 bits per heavy atom. The second-order valence-electron chi connectivity index (χ2n) is 4.46. The molecule has 6 nitrogen and oxygen atoms in total. The predicted molar refractivity (Wildman–Crippen MR) is 78.2 cm³/mol. The molecule has 1 heterocycles. The zero-order valence-corrected chi connectivity index (χ0v) is 12.2. The number of hydrogen-bond donors (Lipinski definition) is 2. The highest BCUT2D eigenvalue weighted by Crippen LogP contribution is 2.28. The van der Waals surface area contributed by atoms with Crippen molar-refractivity contribution in [2.75, 3.05) is 0 Å². The smallest absolute Gasteiger partial charge is 0.416 e. The molecule has 1 aromatic rings. The van der Waals surface area contributed by atoms with Crippen molar-refractivity contribution in [3.8, 4) is 0 Å². The molecule has 1 fully saturated rings. The number of halogens is 3. The van der Waals surface area contributed by atoms with Crippen LogP contribution in [-0.4, -0.2) is 33.6 Å². The second kappa shape index (κ2) is 6.82. The molecular weight excluding hydrogens is 335 g/mol. The number of nitrogens with one attached hydrogen (secondary N) is 1. The van der Waals surface area contributed by atoms with E-state index < -0.39 is 28.9 Å². The van der Waals surface area contributed by atoms with E-state index in [1.165, 1.54) is 18.3 Å². The van der Waals surface area contributed by atoms with E-state index in [4.69, 9.17) is 5.11 Å². The van der Waals surface area contributed by atoms with E-state index >= 15 is 0 Å². The number of carbonyl (C=O) groups is 2. The number of carboxylic acid groups (broad SMARTS) is 1. The number of rotatable bonds is 4. The topological polar surface area (TPSA) is 91.1 Å². The number of carbonyl (C=O) groups excluding carboxylic acids is 1. The zero-order valence-electron chi connectivity index (χ0n) is 11.4. The molecule has 2 rings (SSSR count). The molecule has 122 valence electrons. The van der Waals surface area contributed by atoms with Gasteiger partial charge in [0.2, 0.25) is 5.91 Å². The number of aliphatic carboxylic acids is 1. The second-order valence-corrected chi connectivity index (χ2v) is 5.65. The van der Waals surface area contributed by atoms with Gasteiger partial charge in [-0.25, -0.2) is 0 Å². The number of carboxylic acids is 1. The Morgan fingerprint density at radius 2 is 2.00 bits per heavy atom. The van der Waals surface area contributed by atoms with Crippen LogP contribution in [0.3, 0.4) is 0 Å². The summed E-state index contributed by atoms with van der Waals surface area (Å²) in [7, 11) is 0. The minimum absolute atomic E-state index is 0.143. The van der Waals surface area contributed by atoms with Gasteiger partial charge in [0.1, 0.15) is 5.25 Å². The van der Waals surface area contributed by atoms with Gasteiger partial charge < -0.3 is 10.4 Å². The maximum atomic E-state index is 12.4. The van der Waals surface area contributed by atoms with Gasteiger partial charge in [-0.05, 0) is 17.7 Å². The highest BCUT2D eigenvalue weighted by atomic mass is 32.2. The number of alkyl halides is 3. The number of benzene rings is 1. The lowest BCUT2D eigenvalue weighted by Gasteiger charge is -2.05. The van der Waals surface area contributed by atoms with Gasteiger partial charge in [0.25, 0.3) is 0 Å². The Balaban J connectivity index is 1.99. The predicted octanol–water partition coefficient (Wildman–Crippen LogP) is 2.10. The summed E-state index contributed by atoms with van der Waals surface area (Å²) >= 11 is 0.934. The van der Waals surface area contributed by atoms with Gasteiger partial charge in [0.15, 0.2) is 5.17 Å². The molecule has 0 spiro atoms. The van der Waals surface area contributed by atoms with E-state index in [1.54, 1.807) is 0 Å². The van der Waals surface area contributed by atoms with Gasteiger partial charge in [0, 0.05) is 0 Å². The minimum atomic E-state index is -4.40. The lowest BCUT2D eigenvalue weighted by atomic mass is 10.1. The third-order valence-corrected chi connectivity index (χ3v) is 3.80. The SMILES string of the molecule is O=C(O)CC1S/C(=N\N=C/c2ccc(C(F)(F)F)cc2)NC1=O. The van der Waals surface area contributed by atoms with E-state index in [0.717, 1.165) is 23.9 Å². The summed E-state index contributed by atoms with van der Waals surface area (Å²) in [5.41, 5.74) is -0.366. The molecule has 1 aliphatic rings. The van der Waals surface area contributed by atoms with Crippen LogP contribution in [0.25, 0.3) is 0 Å². The van der Waals surface area contributed by atoms with Crippen LogP contribution in [0.4, 0.5) is 13.2 Å². The monoisotopic (exact) mass is 345 g/mol. The van der Waals surface area contributed by atoms with Crippen molar-refractivity contribution in [1.29, 1.82) is 0 Å². The molecule has 2 N–H and O–H groups in total. The van der Waals surface area contributed by atoms with Crippen molar-refractivity contribution in [2.45, 2.75) is 17.8 Å². The fourth-order valence-electron chi connectivity index (χ4n) is 1.65. The number of hydrogen-bond acceptors (Lipinski definition) is 5. The molecule has 1 atom stereocenters. The number of amidine groups is 1. The first-order valence-electron chi connectivity index (χ1n) is 6.23. The Bertz CT molecular complexity index is 671. The molecule has 0 aliphatic carbocycles. The molecule has 1 amide bonds. The Morgan fingerprint density at radius 3 is 2.57 bits per heavy atom. The van der Waals surface area contributed by atoms with Crippen molar-refractivity contribution in [3.05, 3.63) is 35.4 Å². The molecule has 0 aromatic heterocycles. The van der Waals surface area contributed by atoms with Crippen molar-refractivity contribution in [3.63, 3.8) is 0 Å². The van der Waals surface area contributed by atoms with Gasteiger partial charge in [-0.15, -0.1) is 5.10 Å². The quantitative estimate of drug-likeness (QED) is 0.646. The normalized spacial score (nSPS) is 20.2. The third-order valence-electron chi connectivity index (χ3n) is 2.73. The molecule has 23 heavy (non-hydrogen) atoms. The molecule has 1 unspecified atom stereocenters. The average molecular weight is 345 g/mol. The van der Waals surface area contributed by atoms with Crippen LogP contribution < -0.4 is 5.32 Å². The third kappa shape index (κ3) is 4.81. The Hall–Kier alpha value is -2.36. The maximum Gasteiger partial charge on any atom is 0.416 e. The van der Waals surface area contributed by atoms with Crippen molar-refractivity contribution >= 4 is 35.0 Å². The first-order valence-corrected chi connectivity index (χ1v) is 7.11. The zero-order chi connectivity index (χ0) is 17.0. The number of thioether (sulfide) groups is 1.